The van der Waals surface area contributed by atoms with Crippen molar-refractivity contribution in [3.05, 3.63) is 0 Å². The first-order chi connectivity index (χ1) is 9.35. The fourth-order valence-electron chi connectivity index (χ4n) is 2.61. The molecule has 2 rings (SSSR count). The largest absolute Gasteiger partial charge is 0.382 e. The van der Waals surface area contributed by atoms with Crippen molar-refractivity contribution in [2.24, 2.45) is 28.6 Å². The number of guanidine groups is 1. The summed E-state index contributed by atoms with van der Waals surface area (Å²) in [6.07, 6.45) is 6.60. The third-order valence-electron chi connectivity index (χ3n) is 4.01. The molecule has 0 aromatic carbocycles. The van der Waals surface area contributed by atoms with Gasteiger partial charge in [0.1, 0.15) is 0 Å². The topological polar surface area (TPSA) is 71.7 Å². The number of aliphatic imine (C=N–C) groups is 1. The summed E-state index contributed by atoms with van der Waals surface area (Å²) in [5.41, 5.74) is 2.67. The van der Waals surface area contributed by atoms with Crippen LogP contribution in [0.5, 0.6) is 0 Å². The molecular formula is C14H28N4O. The molecule has 2 aliphatic rings. The van der Waals surface area contributed by atoms with Crippen LogP contribution in [0.25, 0.3) is 0 Å². The second-order valence-corrected chi connectivity index (χ2v) is 5.65. The van der Waals surface area contributed by atoms with E-state index in [1.807, 2.05) is 6.92 Å². The monoisotopic (exact) mass is 268 g/mol. The molecule has 0 atom stereocenters. The van der Waals surface area contributed by atoms with Gasteiger partial charge in [0.05, 0.1) is 0 Å². The summed E-state index contributed by atoms with van der Waals surface area (Å²) < 4.78 is 5.30. The van der Waals surface area contributed by atoms with Crippen LogP contribution in [-0.4, -0.2) is 32.3 Å². The lowest BCUT2D eigenvalue weighted by Crippen LogP contribution is -2.42. The number of nitrogens with two attached hydrogens (primary N) is 1. The molecule has 0 saturated heterocycles. The maximum Gasteiger partial charge on any atom is 0.205 e. The Hall–Kier alpha value is -0.810. The molecule has 0 spiro atoms. The van der Waals surface area contributed by atoms with Crippen molar-refractivity contribution in [1.82, 2.24) is 10.7 Å². The van der Waals surface area contributed by atoms with E-state index in [4.69, 9.17) is 10.6 Å². The number of ether oxygens (including phenoxy) is 1. The van der Waals surface area contributed by atoms with Crippen LogP contribution >= 0.6 is 0 Å². The molecule has 0 heterocycles. The number of hydrogen-bond donors (Lipinski definition) is 3. The first kappa shape index (κ1) is 14.6. The van der Waals surface area contributed by atoms with E-state index in [0.717, 1.165) is 56.4 Å². The van der Waals surface area contributed by atoms with Gasteiger partial charge in [-0.1, -0.05) is 0 Å². The fourth-order valence-corrected chi connectivity index (χ4v) is 2.61. The molecule has 0 aliphatic heterocycles. The van der Waals surface area contributed by atoms with Gasteiger partial charge >= 0.3 is 0 Å². The summed E-state index contributed by atoms with van der Waals surface area (Å²) in [6.45, 7) is 5.35. The highest BCUT2D eigenvalue weighted by atomic mass is 16.5. The Balaban J connectivity index is 1.65. The quantitative estimate of drug-likeness (QED) is 0.193. The summed E-state index contributed by atoms with van der Waals surface area (Å²) in [6, 6.07) is 0. The minimum absolute atomic E-state index is 0.725. The minimum Gasteiger partial charge on any atom is -0.382 e. The van der Waals surface area contributed by atoms with E-state index in [1.54, 1.807) is 0 Å². The van der Waals surface area contributed by atoms with Gasteiger partial charge in [-0.05, 0) is 56.8 Å². The molecular weight excluding hydrogens is 240 g/mol. The zero-order valence-electron chi connectivity index (χ0n) is 12.0. The Bertz CT molecular complexity index is 275. The lowest BCUT2D eigenvalue weighted by molar-refractivity contribution is 0.145. The van der Waals surface area contributed by atoms with Crippen molar-refractivity contribution >= 4 is 5.96 Å². The van der Waals surface area contributed by atoms with E-state index in [-0.39, 0.29) is 0 Å². The second-order valence-electron chi connectivity index (χ2n) is 5.65. The fraction of sp³-hybridized carbons (Fsp3) is 0.929. The SMILES string of the molecule is CCOCCCNC(=NCC(C1CC1)C1CC1)NN. The lowest BCUT2D eigenvalue weighted by Gasteiger charge is -2.14. The van der Waals surface area contributed by atoms with Gasteiger partial charge in [0.2, 0.25) is 5.96 Å². The highest BCUT2D eigenvalue weighted by Crippen LogP contribution is 2.49. The van der Waals surface area contributed by atoms with Gasteiger partial charge in [0, 0.05) is 26.3 Å². The highest BCUT2D eigenvalue weighted by molar-refractivity contribution is 5.79. The van der Waals surface area contributed by atoms with Crippen molar-refractivity contribution in [2.75, 3.05) is 26.3 Å². The molecule has 0 bridgehead atoms. The standard InChI is InChI=1S/C14H28N4O/c1-2-19-9-3-8-16-14(18-15)17-10-13(11-4-5-11)12-6-7-12/h11-13H,2-10,15H2,1H3,(H2,16,17,18). The van der Waals surface area contributed by atoms with Gasteiger partial charge in [-0.3, -0.25) is 10.4 Å². The van der Waals surface area contributed by atoms with Crippen molar-refractivity contribution in [2.45, 2.75) is 39.0 Å². The number of hydrazine groups is 1. The van der Waals surface area contributed by atoms with Crippen LogP contribution in [0, 0.1) is 17.8 Å². The normalized spacial score (nSPS) is 19.8. The van der Waals surface area contributed by atoms with Crippen LogP contribution in [-0.2, 0) is 4.74 Å². The molecule has 0 unspecified atom stereocenters. The second kappa shape index (κ2) is 7.70. The maximum absolute atomic E-state index is 5.51. The number of nitrogens with one attached hydrogen (secondary N) is 2. The Morgan fingerprint density at radius 2 is 2.00 bits per heavy atom. The van der Waals surface area contributed by atoms with Gasteiger partial charge < -0.3 is 10.1 Å². The smallest absolute Gasteiger partial charge is 0.205 e. The van der Waals surface area contributed by atoms with Crippen molar-refractivity contribution < 1.29 is 4.74 Å². The molecule has 5 nitrogen and oxygen atoms in total. The molecule has 0 aromatic rings. The van der Waals surface area contributed by atoms with Crippen molar-refractivity contribution in [3.8, 4) is 0 Å². The van der Waals surface area contributed by atoms with E-state index in [9.17, 15) is 0 Å². The Morgan fingerprint density at radius 3 is 2.53 bits per heavy atom. The van der Waals surface area contributed by atoms with Gasteiger partial charge in [-0.15, -0.1) is 0 Å². The Labute approximate surface area is 116 Å². The van der Waals surface area contributed by atoms with Crippen molar-refractivity contribution in [1.29, 1.82) is 0 Å². The van der Waals surface area contributed by atoms with E-state index >= 15 is 0 Å². The molecule has 2 fully saturated rings. The third kappa shape index (κ3) is 5.37. The summed E-state index contributed by atoms with van der Waals surface area (Å²) in [5, 5.41) is 3.24. The maximum atomic E-state index is 5.51. The average molecular weight is 268 g/mol. The summed E-state index contributed by atoms with van der Waals surface area (Å²) in [7, 11) is 0. The summed E-state index contributed by atoms with van der Waals surface area (Å²) in [4.78, 5) is 4.61. The Morgan fingerprint density at radius 1 is 1.32 bits per heavy atom. The summed E-state index contributed by atoms with van der Waals surface area (Å²) in [5.74, 6) is 8.91. The predicted octanol–water partition coefficient (Wildman–Crippen LogP) is 1.26. The van der Waals surface area contributed by atoms with E-state index in [0.29, 0.717) is 0 Å². The van der Waals surface area contributed by atoms with E-state index < -0.39 is 0 Å². The highest BCUT2D eigenvalue weighted by Gasteiger charge is 2.41. The van der Waals surface area contributed by atoms with Gasteiger partial charge in [-0.25, -0.2) is 5.84 Å². The van der Waals surface area contributed by atoms with E-state index in [1.165, 1.54) is 25.7 Å². The lowest BCUT2D eigenvalue weighted by atomic mass is 9.98. The third-order valence-corrected chi connectivity index (χ3v) is 4.01. The molecule has 4 N–H and O–H groups in total. The van der Waals surface area contributed by atoms with Crippen LogP contribution in [0.15, 0.2) is 4.99 Å². The van der Waals surface area contributed by atoms with Gasteiger partial charge in [0.15, 0.2) is 0 Å². The summed E-state index contributed by atoms with van der Waals surface area (Å²) >= 11 is 0. The number of hydrogen-bond acceptors (Lipinski definition) is 3. The number of nitrogens with zero attached hydrogens (tertiary/aromatic N) is 1. The number of rotatable bonds is 9. The molecule has 0 amide bonds. The van der Waals surface area contributed by atoms with Crippen LogP contribution in [0.3, 0.4) is 0 Å². The molecule has 2 aliphatic carbocycles. The van der Waals surface area contributed by atoms with Gasteiger partial charge in [0.25, 0.3) is 0 Å². The Kier molecular flexibility index (Phi) is 5.92. The van der Waals surface area contributed by atoms with Crippen LogP contribution in [0.2, 0.25) is 0 Å². The molecule has 2 saturated carbocycles. The molecule has 19 heavy (non-hydrogen) atoms. The first-order valence-corrected chi connectivity index (χ1v) is 7.67. The molecule has 0 aromatic heterocycles. The molecule has 5 heteroatoms. The molecule has 0 radical (unpaired) electrons. The van der Waals surface area contributed by atoms with Crippen molar-refractivity contribution in [3.63, 3.8) is 0 Å². The first-order valence-electron chi connectivity index (χ1n) is 7.67. The van der Waals surface area contributed by atoms with Gasteiger partial charge in [-0.2, -0.15) is 0 Å². The minimum atomic E-state index is 0.725. The zero-order chi connectivity index (χ0) is 13.5. The predicted molar refractivity (Wildman–Crippen MR) is 77.7 cm³/mol. The van der Waals surface area contributed by atoms with Crippen LogP contribution in [0.4, 0.5) is 0 Å². The van der Waals surface area contributed by atoms with Crippen LogP contribution in [0.1, 0.15) is 39.0 Å². The van der Waals surface area contributed by atoms with E-state index in [2.05, 4.69) is 15.7 Å². The molecule has 110 valence electrons. The average Bonchev–Trinajstić information content (AvgIpc) is 3.29. The zero-order valence-corrected chi connectivity index (χ0v) is 12.0. The van der Waals surface area contributed by atoms with Crippen LogP contribution < -0.4 is 16.6 Å².